The highest BCUT2D eigenvalue weighted by molar-refractivity contribution is 5.36. The summed E-state index contributed by atoms with van der Waals surface area (Å²) in [5.41, 5.74) is 2.80. The molecule has 0 atom stereocenters. The Bertz CT molecular complexity index is 505. The Hall–Kier alpha value is -1.90. The lowest BCUT2D eigenvalue weighted by atomic mass is 10.1. The highest BCUT2D eigenvalue weighted by Crippen LogP contribution is 2.32. The molecule has 0 bridgehead atoms. The number of fused-ring (bicyclic) bond motifs is 1. The van der Waals surface area contributed by atoms with E-state index in [1.165, 1.54) is 11.1 Å². The molecule has 1 heterocycles. The second kappa shape index (κ2) is 3.59. The van der Waals surface area contributed by atoms with Crippen molar-refractivity contribution in [2.45, 2.75) is 18.8 Å². The molecule has 0 saturated carbocycles. The summed E-state index contributed by atoms with van der Waals surface area (Å²) in [5.74, 6) is 1.66. The summed E-state index contributed by atoms with van der Waals surface area (Å²) >= 11 is 0. The molecule has 0 amide bonds. The third-order valence-electron chi connectivity index (χ3n) is 3.05. The molecule has 3 nitrogen and oxygen atoms in total. The van der Waals surface area contributed by atoms with E-state index in [0.717, 1.165) is 18.7 Å². The van der Waals surface area contributed by atoms with Gasteiger partial charge in [-0.05, 0) is 30.0 Å². The maximum absolute atomic E-state index is 5.05. The van der Waals surface area contributed by atoms with E-state index < -0.39 is 0 Å². The minimum Gasteiger partial charge on any atom is -0.335 e. The van der Waals surface area contributed by atoms with Gasteiger partial charge in [0.2, 0.25) is 5.89 Å². The molecule has 3 heteroatoms. The van der Waals surface area contributed by atoms with Gasteiger partial charge < -0.3 is 4.52 Å². The van der Waals surface area contributed by atoms with Crippen molar-refractivity contribution >= 4 is 6.08 Å². The quantitative estimate of drug-likeness (QED) is 0.768. The summed E-state index contributed by atoms with van der Waals surface area (Å²) in [6, 6.07) is 8.49. The van der Waals surface area contributed by atoms with E-state index >= 15 is 0 Å². The zero-order valence-electron chi connectivity index (χ0n) is 8.89. The molecule has 0 spiro atoms. The molecule has 0 unspecified atom stereocenters. The monoisotopic (exact) mass is 212 g/mol. The Morgan fingerprint density at radius 1 is 1.25 bits per heavy atom. The van der Waals surface area contributed by atoms with Crippen LogP contribution >= 0.6 is 0 Å². The number of nitrogens with zero attached hydrogens (tertiary/aromatic N) is 2. The van der Waals surface area contributed by atoms with Crippen molar-refractivity contribution in [2.75, 3.05) is 0 Å². The van der Waals surface area contributed by atoms with Gasteiger partial charge in [0, 0.05) is 5.92 Å². The Kier molecular flexibility index (Phi) is 2.10. The van der Waals surface area contributed by atoms with Crippen molar-refractivity contribution in [3.8, 4) is 0 Å². The molecule has 3 rings (SSSR count). The molecule has 1 aromatic carbocycles. The van der Waals surface area contributed by atoms with Gasteiger partial charge in [0.25, 0.3) is 0 Å². The summed E-state index contributed by atoms with van der Waals surface area (Å²) in [6.07, 6.45) is 3.59. The van der Waals surface area contributed by atoms with Crippen LogP contribution in [-0.2, 0) is 12.8 Å². The average molecular weight is 212 g/mol. The zero-order valence-corrected chi connectivity index (χ0v) is 8.89. The van der Waals surface area contributed by atoms with Gasteiger partial charge in [-0.25, -0.2) is 0 Å². The lowest BCUT2D eigenvalue weighted by Crippen LogP contribution is -2.00. The Balaban J connectivity index is 1.88. The summed E-state index contributed by atoms with van der Waals surface area (Å²) in [5, 5.41) is 3.99. The van der Waals surface area contributed by atoms with Crippen LogP contribution in [0.15, 0.2) is 35.4 Å². The molecule has 0 N–H and O–H groups in total. The molecular formula is C13H12N2O. The molecule has 0 radical (unpaired) electrons. The standard InChI is InChI=1S/C13H12N2O/c1-2-12-14-13(15-16-12)11-7-9-5-3-4-6-10(9)8-11/h2-6,11H,1,7-8H2. The minimum absolute atomic E-state index is 0.356. The molecule has 1 aromatic heterocycles. The van der Waals surface area contributed by atoms with Crippen LogP contribution in [0.2, 0.25) is 0 Å². The minimum atomic E-state index is 0.356. The van der Waals surface area contributed by atoms with Crippen LogP contribution in [-0.4, -0.2) is 10.1 Å². The number of aromatic nitrogens is 2. The van der Waals surface area contributed by atoms with Gasteiger partial charge in [-0.2, -0.15) is 4.98 Å². The van der Waals surface area contributed by atoms with E-state index in [1.54, 1.807) is 6.08 Å². The number of rotatable bonds is 2. The van der Waals surface area contributed by atoms with Crippen molar-refractivity contribution in [1.29, 1.82) is 0 Å². The molecule has 0 aliphatic heterocycles. The Morgan fingerprint density at radius 2 is 1.94 bits per heavy atom. The number of benzene rings is 1. The maximum Gasteiger partial charge on any atom is 0.250 e. The highest BCUT2D eigenvalue weighted by atomic mass is 16.5. The molecular weight excluding hydrogens is 200 g/mol. The van der Waals surface area contributed by atoms with Gasteiger partial charge in [0.15, 0.2) is 5.82 Å². The van der Waals surface area contributed by atoms with E-state index in [9.17, 15) is 0 Å². The molecule has 0 saturated heterocycles. The van der Waals surface area contributed by atoms with Crippen LogP contribution in [0, 0.1) is 0 Å². The van der Waals surface area contributed by atoms with E-state index in [0.29, 0.717) is 11.8 Å². The lowest BCUT2D eigenvalue weighted by molar-refractivity contribution is 0.398. The van der Waals surface area contributed by atoms with Crippen molar-refractivity contribution in [2.24, 2.45) is 0 Å². The van der Waals surface area contributed by atoms with Crippen LogP contribution in [0.3, 0.4) is 0 Å². The van der Waals surface area contributed by atoms with Gasteiger partial charge in [-0.3, -0.25) is 0 Å². The number of hydrogen-bond donors (Lipinski definition) is 0. The summed E-state index contributed by atoms with van der Waals surface area (Å²) in [6.45, 7) is 3.61. The van der Waals surface area contributed by atoms with Gasteiger partial charge in [-0.15, -0.1) is 0 Å². The van der Waals surface area contributed by atoms with E-state index in [1.807, 2.05) is 0 Å². The van der Waals surface area contributed by atoms with Crippen LogP contribution in [0.25, 0.3) is 6.08 Å². The van der Waals surface area contributed by atoms with Crippen LogP contribution in [0.5, 0.6) is 0 Å². The first kappa shape index (κ1) is 9.33. The predicted molar refractivity (Wildman–Crippen MR) is 61.0 cm³/mol. The SMILES string of the molecule is C=Cc1nc(C2Cc3ccccc3C2)no1. The lowest BCUT2D eigenvalue weighted by Gasteiger charge is -2.00. The second-order valence-corrected chi connectivity index (χ2v) is 4.07. The van der Waals surface area contributed by atoms with E-state index in [-0.39, 0.29) is 0 Å². The van der Waals surface area contributed by atoms with Crippen molar-refractivity contribution in [3.63, 3.8) is 0 Å². The molecule has 2 aromatic rings. The average Bonchev–Trinajstić information content (AvgIpc) is 2.95. The summed E-state index contributed by atoms with van der Waals surface area (Å²) < 4.78 is 5.05. The second-order valence-electron chi connectivity index (χ2n) is 4.07. The Morgan fingerprint density at radius 3 is 2.50 bits per heavy atom. The van der Waals surface area contributed by atoms with Crippen molar-refractivity contribution in [1.82, 2.24) is 10.1 Å². The Labute approximate surface area is 93.8 Å². The van der Waals surface area contributed by atoms with Crippen LogP contribution in [0.4, 0.5) is 0 Å². The molecule has 80 valence electrons. The fourth-order valence-corrected chi connectivity index (χ4v) is 2.24. The van der Waals surface area contributed by atoms with E-state index in [2.05, 4.69) is 41.0 Å². The summed E-state index contributed by atoms with van der Waals surface area (Å²) in [4.78, 5) is 4.30. The van der Waals surface area contributed by atoms with Crippen molar-refractivity contribution in [3.05, 3.63) is 53.7 Å². The number of hydrogen-bond acceptors (Lipinski definition) is 3. The molecule has 0 fully saturated rings. The largest absolute Gasteiger partial charge is 0.335 e. The first-order valence-corrected chi connectivity index (χ1v) is 5.39. The van der Waals surface area contributed by atoms with Gasteiger partial charge in [0.05, 0.1) is 0 Å². The fourth-order valence-electron chi connectivity index (χ4n) is 2.24. The van der Waals surface area contributed by atoms with E-state index in [4.69, 9.17) is 4.52 Å². The highest BCUT2D eigenvalue weighted by Gasteiger charge is 2.26. The third kappa shape index (κ3) is 1.45. The smallest absolute Gasteiger partial charge is 0.250 e. The zero-order chi connectivity index (χ0) is 11.0. The molecule has 16 heavy (non-hydrogen) atoms. The fraction of sp³-hybridized carbons (Fsp3) is 0.231. The molecule has 1 aliphatic carbocycles. The topological polar surface area (TPSA) is 38.9 Å². The van der Waals surface area contributed by atoms with Gasteiger partial charge in [0.1, 0.15) is 0 Å². The van der Waals surface area contributed by atoms with Crippen LogP contribution < -0.4 is 0 Å². The predicted octanol–water partition coefficient (Wildman–Crippen LogP) is 2.60. The van der Waals surface area contributed by atoms with Crippen LogP contribution in [0.1, 0.15) is 28.8 Å². The summed E-state index contributed by atoms with van der Waals surface area (Å²) in [7, 11) is 0. The first-order valence-electron chi connectivity index (χ1n) is 5.39. The van der Waals surface area contributed by atoms with Gasteiger partial charge >= 0.3 is 0 Å². The van der Waals surface area contributed by atoms with Gasteiger partial charge in [-0.1, -0.05) is 36.0 Å². The van der Waals surface area contributed by atoms with Crippen molar-refractivity contribution < 1.29 is 4.52 Å². The third-order valence-corrected chi connectivity index (χ3v) is 3.05. The molecule has 1 aliphatic rings. The normalized spacial score (nSPS) is 15.0. The first-order chi connectivity index (χ1) is 7.86. The maximum atomic E-state index is 5.05.